The highest BCUT2D eigenvalue weighted by atomic mass is 32.2. The van der Waals surface area contributed by atoms with E-state index >= 15 is 0 Å². The van der Waals surface area contributed by atoms with Crippen LogP contribution in [0.5, 0.6) is 23.0 Å². The summed E-state index contributed by atoms with van der Waals surface area (Å²) < 4.78 is 51.5. The van der Waals surface area contributed by atoms with Crippen LogP contribution in [0.2, 0.25) is 0 Å². The van der Waals surface area contributed by atoms with Crippen molar-refractivity contribution in [2.24, 2.45) is 0 Å². The molecule has 0 amide bonds. The number of nitro groups is 2. The van der Waals surface area contributed by atoms with Crippen molar-refractivity contribution in [1.82, 2.24) is 4.72 Å². The van der Waals surface area contributed by atoms with Gasteiger partial charge >= 0.3 is 0 Å². The van der Waals surface area contributed by atoms with Crippen molar-refractivity contribution in [3.8, 4) is 34.1 Å². The van der Waals surface area contributed by atoms with Crippen molar-refractivity contribution in [3.05, 3.63) is 84.0 Å². The molecule has 1 aliphatic carbocycles. The van der Waals surface area contributed by atoms with Crippen molar-refractivity contribution < 1.29 is 37.2 Å². The number of methoxy groups -OCH3 is 4. The second-order valence-corrected chi connectivity index (χ2v) is 10.5. The maximum absolute atomic E-state index is 13.6. The number of aryl methyl sites for hydroxylation is 1. The Hall–Kier alpha value is -4.76. The number of nitrogens with one attached hydrogen (secondary N) is 1. The largest absolute Gasteiger partial charge is 0.493 e. The molecular weight excluding hydrogens is 562 g/mol. The predicted octanol–water partition coefficient (Wildman–Crippen LogP) is 3.53. The normalized spacial score (nSPS) is 14.2. The highest BCUT2D eigenvalue weighted by Gasteiger charge is 2.34. The molecule has 0 bridgehead atoms. The Morgan fingerprint density at radius 1 is 0.854 bits per heavy atom. The molecule has 4 rings (SSSR count). The van der Waals surface area contributed by atoms with Crippen LogP contribution in [-0.2, 0) is 16.4 Å². The van der Waals surface area contributed by atoms with Gasteiger partial charge in [0, 0.05) is 17.7 Å². The van der Waals surface area contributed by atoms with Crippen molar-refractivity contribution in [2.75, 3.05) is 28.4 Å². The lowest BCUT2D eigenvalue weighted by Gasteiger charge is -2.20. The lowest BCUT2D eigenvalue weighted by Crippen LogP contribution is -2.29. The average Bonchev–Trinajstić information content (AvgIpc) is 3.19. The molecule has 0 radical (unpaired) electrons. The van der Waals surface area contributed by atoms with Crippen molar-refractivity contribution >= 4 is 21.4 Å². The van der Waals surface area contributed by atoms with E-state index in [0.29, 0.717) is 28.5 Å². The van der Waals surface area contributed by atoms with Crippen LogP contribution in [0, 0.1) is 20.2 Å². The number of nitro benzene ring substituents is 2. The zero-order chi connectivity index (χ0) is 30.1. The Morgan fingerprint density at radius 2 is 1.54 bits per heavy atom. The number of fused-ring (bicyclic) bond motifs is 3. The Labute approximate surface area is 233 Å². The number of rotatable bonds is 9. The van der Waals surface area contributed by atoms with E-state index in [1.807, 2.05) is 0 Å². The number of non-ortho nitro benzene ring substituents is 1. The summed E-state index contributed by atoms with van der Waals surface area (Å²) in [4.78, 5) is 33.2. The molecule has 0 saturated heterocycles. The molecule has 0 heterocycles. The molecule has 0 fully saturated rings. The topological polar surface area (TPSA) is 186 Å². The second kappa shape index (κ2) is 11.4. The number of hydrogen-bond donors (Lipinski definition) is 1. The molecule has 15 heteroatoms. The smallest absolute Gasteiger partial charge is 0.296 e. The molecule has 0 unspecified atom stereocenters. The third-order valence-electron chi connectivity index (χ3n) is 6.66. The molecule has 41 heavy (non-hydrogen) atoms. The molecule has 1 atom stereocenters. The first-order valence-electron chi connectivity index (χ1n) is 12.0. The molecule has 1 N–H and O–H groups in total. The molecule has 0 saturated carbocycles. The van der Waals surface area contributed by atoms with Gasteiger partial charge in [-0.05, 0) is 53.8 Å². The van der Waals surface area contributed by atoms with E-state index in [9.17, 15) is 33.4 Å². The summed E-state index contributed by atoms with van der Waals surface area (Å²) in [5, 5.41) is 22.8. The fourth-order valence-corrected chi connectivity index (χ4v) is 6.23. The number of benzene rings is 2. The molecule has 3 aromatic carbocycles. The summed E-state index contributed by atoms with van der Waals surface area (Å²) in [6.07, 6.45) is 0.385. The molecular formula is C26H25N3O11S. The van der Waals surface area contributed by atoms with E-state index in [-0.39, 0.29) is 35.7 Å². The number of nitrogens with zero attached hydrogens (tertiary/aromatic N) is 2. The van der Waals surface area contributed by atoms with Gasteiger partial charge in [0.2, 0.25) is 21.2 Å². The van der Waals surface area contributed by atoms with Crippen LogP contribution >= 0.6 is 0 Å². The predicted molar refractivity (Wildman–Crippen MR) is 145 cm³/mol. The van der Waals surface area contributed by atoms with E-state index in [1.165, 1.54) is 40.6 Å². The molecule has 0 aliphatic heterocycles. The minimum Gasteiger partial charge on any atom is -0.493 e. The van der Waals surface area contributed by atoms with E-state index in [0.717, 1.165) is 12.1 Å². The summed E-state index contributed by atoms with van der Waals surface area (Å²) in [6.45, 7) is 0. The Morgan fingerprint density at radius 3 is 2.12 bits per heavy atom. The van der Waals surface area contributed by atoms with Crippen LogP contribution in [0.3, 0.4) is 0 Å². The quantitative estimate of drug-likeness (QED) is 0.285. The first-order chi connectivity index (χ1) is 19.5. The van der Waals surface area contributed by atoms with E-state index < -0.39 is 47.6 Å². The summed E-state index contributed by atoms with van der Waals surface area (Å²) in [7, 11) is 0.990. The number of hydrogen-bond acceptors (Lipinski definition) is 11. The van der Waals surface area contributed by atoms with Gasteiger partial charge in [0.05, 0.1) is 44.4 Å². The van der Waals surface area contributed by atoms with Gasteiger partial charge in [-0.1, -0.05) is 6.07 Å². The zero-order valence-electron chi connectivity index (χ0n) is 22.3. The van der Waals surface area contributed by atoms with Crippen LogP contribution < -0.4 is 29.1 Å². The van der Waals surface area contributed by atoms with Gasteiger partial charge in [-0.2, -0.15) is 0 Å². The second-order valence-electron chi connectivity index (χ2n) is 8.84. The lowest BCUT2D eigenvalue weighted by molar-refractivity contribution is -0.396. The van der Waals surface area contributed by atoms with Gasteiger partial charge in [-0.3, -0.25) is 25.0 Å². The summed E-state index contributed by atoms with van der Waals surface area (Å²) in [5.41, 5.74) is -0.262. The molecule has 216 valence electrons. The first kappa shape index (κ1) is 29.2. The van der Waals surface area contributed by atoms with Gasteiger partial charge in [-0.15, -0.1) is 0 Å². The maximum Gasteiger partial charge on any atom is 0.296 e. The summed E-state index contributed by atoms with van der Waals surface area (Å²) in [5.74, 6) is 0.926. The summed E-state index contributed by atoms with van der Waals surface area (Å²) >= 11 is 0. The van der Waals surface area contributed by atoms with Crippen LogP contribution in [0.25, 0.3) is 11.1 Å². The van der Waals surface area contributed by atoms with E-state index in [2.05, 4.69) is 4.72 Å². The van der Waals surface area contributed by atoms with Gasteiger partial charge < -0.3 is 18.9 Å². The van der Waals surface area contributed by atoms with Crippen LogP contribution in [0.1, 0.15) is 23.6 Å². The van der Waals surface area contributed by atoms with Crippen molar-refractivity contribution in [1.29, 1.82) is 0 Å². The Kier molecular flexibility index (Phi) is 8.12. The molecule has 3 aromatic rings. The minimum atomic E-state index is -4.64. The Balaban J connectivity index is 1.96. The van der Waals surface area contributed by atoms with Gasteiger partial charge in [0.15, 0.2) is 22.1 Å². The van der Waals surface area contributed by atoms with Crippen LogP contribution in [0.4, 0.5) is 11.4 Å². The zero-order valence-corrected chi connectivity index (χ0v) is 23.1. The highest BCUT2D eigenvalue weighted by molar-refractivity contribution is 7.89. The van der Waals surface area contributed by atoms with Crippen molar-refractivity contribution in [2.45, 2.75) is 23.8 Å². The number of ether oxygens (including phenoxy) is 4. The third-order valence-corrected chi connectivity index (χ3v) is 8.18. The first-order valence-corrected chi connectivity index (χ1v) is 13.4. The lowest BCUT2D eigenvalue weighted by atomic mass is 9.95. The monoisotopic (exact) mass is 587 g/mol. The van der Waals surface area contributed by atoms with E-state index in [1.54, 1.807) is 12.1 Å². The SMILES string of the molecule is COc1cc2c(c(OC)c1OC)-c1ccc(OC)c(=O)cc1[C@@H](NS(=O)(=O)c1ccc([N+](=O)[O-])cc1[N+](=O)[O-])CC2. The van der Waals surface area contributed by atoms with Gasteiger partial charge in [0.25, 0.3) is 11.4 Å². The van der Waals surface area contributed by atoms with Gasteiger partial charge in [0.1, 0.15) is 0 Å². The molecule has 1 aliphatic rings. The van der Waals surface area contributed by atoms with Crippen molar-refractivity contribution in [3.63, 3.8) is 0 Å². The highest BCUT2D eigenvalue weighted by Crippen LogP contribution is 2.50. The van der Waals surface area contributed by atoms with Crippen LogP contribution in [-0.4, -0.2) is 46.7 Å². The standard InChI is InChI=1S/C26H25N3O11S/c1-37-21-9-7-16-17(13-20(21)30)18(8-5-14-11-22(38-2)25(39-3)26(40-4)24(14)16)27-41(35,36)23-10-6-15(28(31)32)12-19(23)29(33)34/h6-7,9-13,18,27H,5,8H2,1-4H3/t18-/m0/s1. The molecule has 0 spiro atoms. The minimum absolute atomic E-state index is 0.00770. The molecule has 14 nitrogen and oxygen atoms in total. The van der Waals surface area contributed by atoms with E-state index in [4.69, 9.17) is 18.9 Å². The van der Waals surface area contributed by atoms with Crippen LogP contribution in [0.15, 0.2) is 52.2 Å². The maximum atomic E-state index is 13.6. The van der Waals surface area contributed by atoms with Gasteiger partial charge in [-0.25, -0.2) is 13.1 Å². The average molecular weight is 588 g/mol. The fraction of sp³-hybridized carbons (Fsp3) is 0.269. The Bertz CT molecular complexity index is 1720. The molecule has 0 aromatic heterocycles. The number of sulfonamides is 1. The third kappa shape index (κ3) is 5.36. The fourth-order valence-electron chi connectivity index (χ4n) is 4.83. The summed E-state index contributed by atoms with van der Waals surface area (Å²) in [6, 6.07) is 7.17.